The van der Waals surface area contributed by atoms with Gasteiger partial charge in [0.15, 0.2) is 9.84 Å². The van der Waals surface area contributed by atoms with Crippen LogP contribution in [0.25, 0.3) is 0 Å². The number of hydrogen-bond acceptors (Lipinski definition) is 5. The smallest absolute Gasteiger partial charge is 0.162 e. The van der Waals surface area contributed by atoms with Gasteiger partial charge < -0.3 is 10.2 Å². The van der Waals surface area contributed by atoms with E-state index in [0.717, 1.165) is 38.5 Å². The molecule has 0 heterocycles. The fraction of sp³-hybridized carbons (Fsp3) is 0.969. The third-order valence-corrected chi connectivity index (χ3v) is 15.9. The first kappa shape index (κ1) is 29.0. The Morgan fingerprint density at radius 1 is 0.921 bits per heavy atom. The molecule has 0 bridgehead atoms. The van der Waals surface area contributed by atoms with Crippen molar-refractivity contribution in [3.63, 3.8) is 0 Å². The summed E-state index contributed by atoms with van der Waals surface area (Å²) in [5.41, 5.74) is 0.457. The molecule has 0 spiro atoms. The van der Waals surface area contributed by atoms with E-state index in [0.29, 0.717) is 54.8 Å². The number of hydrogen-bond donors (Lipinski definition) is 2. The molecule has 6 heteroatoms. The Morgan fingerprint density at radius 2 is 1.58 bits per heavy atom. The van der Waals surface area contributed by atoms with Crippen LogP contribution in [0.15, 0.2) is 0 Å². The highest BCUT2D eigenvalue weighted by molar-refractivity contribution is 7.93. The zero-order valence-electron chi connectivity index (χ0n) is 24.6. The van der Waals surface area contributed by atoms with Crippen LogP contribution in [0, 0.1) is 52.3 Å². The number of ketones is 1. The standard InChI is InChI=1S/C32H54O5S/c1-6-23-27-18-21(33)12-14-32(27,5)26-13-15-31(4)24(10-11-25(31)28(26)29(23)35)20(2)8-7-9-22(34)19-38(36,37)30(3)16-17-30/h20-21,23-29,33,35H,6-19H2,1-5H3/t20-,21-,23-,24-,25+,26+,27+,28+,29-,31-,32-/m1/s1. The Bertz CT molecular complexity index is 1000. The minimum atomic E-state index is -3.31. The fourth-order valence-corrected chi connectivity index (χ4v) is 12.3. The van der Waals surface area contributed by atoms with Crippen molar-refractivity contribution in [3.05, 3.63) is 0 Å². The molecule has 11 atom stereocenters. The van der Waals surface area contributed by atoms with Gasteiger partial charge in [-0.25, -0.2) is 8.42 Å². The molecule has 0 aromatic heterocycles. The van der Waals surface area contributed by atoms with Crippen LogP contribution in [0.2, 0.25) is 0 Å². The maximum atomic E-state index is 12.5. The topological polar surface area (TPSA) is 91.7 Å². The molecule has 5 saturated carbocycles. The molecule has 5 nitrogen and oxygen atoms in total. The maximum absolute atomic E-state index is 12.5. The number of rotatable bonds is 9. The lowest BCUT2D eigenvalue weighted by Gasteiger charge is -2.64. The van der Waals surface area contributed by atoms with Crippen LogP contribution in [-0.4, -0.2) is 47.1 Å². The normalized spacial score (nSPS) is 46.5. The van der Waals surface area contributed by atoms with Crippen molar-refractivity contribution in [2.75, 3.05) is 5.75 Å². The van der Waals surface area contributed by atoms with E-state index in [1.54, 1.807) is 6.92 Å². The Balaban J connectivity index is 1.24. The second kappa shape index (κ2) is 10.1. The summed E-state index contributed by atoms with van der Waals surface area (Å²) in [6.07, 6.45) is 11.7. The summed E-state index contributed by atoms with van der Waals surface area (Å²) in [6, 6.07) is 0. The fourth-order valence-electron chi connectivity index (χ4n) is 10.7. The summed E-state index contributed by atoms with van der Waals surface area (Å²) in [6.45, 7) is 11.3. The molecule has 0 aliphatic heterocycles. The van der Waals surface area contributed by atoms with E-state index < -0.39 is 14.6 Å². The van der Waals surface area contributed by atoms with Gasteiger partial charge >= 0.3 is 0 Å². The summed E-state index contributed by atoms with van der Waals surface area (Å²) in [4.78, 5) is 12.5. The van der Waals surface area contributed by atoms with Gasteiger partial charge in [-0.2, -0.15) is 0 Å². The Labute approximate surface area is 231 Å². The second-order valence-corrected chi connectivity index (χ2v) is 17.7. The average molecular weight is 551 g/mol. The van der Waals surface area contributed by atoms with Gasteiger partial charge in [0.05, 0.1) is 17.0 Å². The molecule has 0 unspecified atom stereocenters. The van der Waals surface area contributed by atoms with Crippen molar-refractivity contribution in [1.82, 2.24) is 0 Å². The molecular weight excluding hydrogens is 496 g/mol. The largest absolute Gasteiger partial charge is 0.393 e. The predicted octanol–water partition coefficient (Wildman–Crippen LogP) is 5.96. The summed E-state index contributed by atoms with van der Waals surface area (Å²) in [7, 11) is -3.31. The van der Waals surface area contributed by atoms with Gasteiger partial charge in [0.1, 0.15) is 11.5 Å². The second-order valence-electron chi connectivity index (χ2n) is 15.2. The highest BCUT2D eigenvalue weighted by Gasteiger charge is 2.64. The molecule has 0 aromatic rings. The lowest BCUT2D eigenvalue weighted by Crippen LogP contribution is -2.62. The molecule has 5 fully saturated rings. The molecule has 0 radical (unpaired) electrons. The molecular formula is C32H54O5S. The number of aliphatic hydroxyl groups excluding tert-OH is 2. The van der Waals surface area contributed by atoms with Gasteiger partial charge in [-0.1, -0.05) is 40.5 Å². The van der Waals surface area contributed by atoms with E-state index in [9.17, 15) is 23.4 Å². The zero-order valence-corrected chi connectivity index (χ0v) is 25.4. The van der Waals surface area contributed by atoms with Crippen LogP contribution in [0.4, 0.5) is 0 Å². The number of Topliss-reactive ketones (excluding diaryl/α,β-unsaturated/α-hetero) is 1. The maximum Gasteiger partial charge on any atom is 0.162 e. The third kappa shape index (κ3) is 4.65. The number of fused-ring (bicyclic) bond motifs is 5. The van der Waals surface area contributed by atoms with Crippen LogP contribution in [0.1, 0.15) is 118 Å². The Morgan fingerprint density at radius 3 is 2.24 bits per heavy atom. The summed E-state index contributed by atoms with van der Waals surface area (Å²) in [5.74, 6) is 2.89. The number of aliphatic hydroxyl groups is 2. The first-order valence-electron chi connectivity index (χ1n) is 15.9. The first-order valence-corrected chi connectivity index (χ1v) is 17.5. The van der Waals surface area contributed by atoms with Crippen molar-refractivity contribution in [3.8, 4) is 0 Å². The molecule has 38 heavy (non-hydrogen) atoms. The Kier molecular flexibility index (Phi) is 7.73. The number of carbonyl (C=O) groups is 1. The van der Waals surface area contributed by atoms with Crippen LogP contribution in [0.5, 0.6) is 0 Å². The van der Waals surface area contributed by atoms with E-state index in [2.05, 4.69) is 27.7 Å². The molecule has 0 aromatic carbocycles. The van der Waals surface area contributed by atoms with Gasteiger partial charge in [0.2, 0.25) is 0 Å². The minimum absolute atomic E-state index is 0.113. The quantitative estimate of drug-likeness (QED) is 0.370. The lowest BCUT2D eigenvalue weighted by molar-refractivity contribution is -0.203. The van der Waals surface area contributed by atoms with Gasteiger partial charge in [0.25, 0.3) is 0 Å². The molecule has 5 rings (SSSR count). The zero-order chi connectivity index (χ0) is 27.7. The van der Waals surface area contributed by atoms with Gasteiger partial charge in [-0.15, -0.1) is 0 Å². The monoisotopic (exact) mass is 550 g/mol. The van der Waals surface area contributed by atoms with Crippen molar-refractivity contribution >= 4 is 15.6 Å². The van der Waals surface area contributed by atoms with Gasteiger partial charge in [-0.3, -0.25) is 4.79 Å². The highest BCUT2D eigenvalue weighted by Crippen LogP contribution is 2.69. The van der Waals surface area contributed by atoms with Crippen LogP contribution < -0.4 is 0 Å². The van der Waals surface area contributed by atoms with Crippen LogP contribution in [-0.2, 0) is 14.6 Å². The summed E-state index contributed by atoms with van der Waals surface area (Å²) < 4.78 is 24.3. The van der Waals surface area contributed by atoms with E-state index >= 15 is 0 Å². The van der Waals surface area contributed by atoms with Crippen molar-refractivity contribution in [2.45, 2.75) is 135 Å². The molecule has 5 aliphatic rings. The van der Waals surface area contributed by atoms with E-state index in [4.69, 9.17) is 0 Å². The highest BCUT2D eigenvalue weighted by atomic mass is 32.2. The van der Waals surface area contributed by atoms with E-state index in [1.807, 2.05) is 0 Å². The first-order chi connectivity index (χ1) is 17.8. The molecule has 218 valence electrons. The van der Waals surface area contributed by atoms with Crippen molar-refractivity contribution in [1.29, 1.82) is 0 Å². The van der Waals surface area contributed by atoms with Crippen LogP contribution in [0.3, 0.4) is 0 Å². The summed E-state index contributed by atoms with van der Waals surface area (Å²) in [5, 5.41) is 22.4. The number of carbonyl (C=O) groups excluding carboxylic acids is 1. The number of sulfone groups is 1. The lowest BCUT2D eigenvalue weighted by atomic mass is 9.41. The van der Waals surface area contributed by atoms with Crippen molar-refractivity contribution in [2.24, 2.45) is 52.3 Å². The van der Waals surface area contributed by atoms with Crippen molar-refractivity contribution < 1.29 is 23.4 Å². The van der Waals surface area contributed by atoms with Gasteiger partial charge in [0, 0.05) is 6.42 Å². The third-order valence-electron chi connectivity index (χ3n) is 13.3. The Hall–Kier alpha value is -0.460. The van der Waals surface area contributed by atoms with E-state index in [1.165, 1.54) is 25.7 Å². The molecule has 0 amide bonds. The predicted molar refractivity (Wildman–Crippen MR) is 151 cm³/mol. The summed E-state index contributed by atoms with van der Waals surface area (Å²) >= 11 is 0. The molecule has 2 N–H and O–H groups in total. The average Bonchev–Trinajstić information content (AvgIpc) is 3.51. The molecule has 0 saturated heterocycles. The minimum Gasteiger partial charge on any atom is -0.393 e. The molecule has 5 aliphatic carbocycles. The SMILES string of the molecule is CC[C@H]1[C@@H](O)[C@@H]2[C@H](CC[C@]3(C)[C@@H]([C@H](C)CCCC(=O)CS(=O)(=O)C4(C)CC4)CC[C@@H]23)[C@@]2(C)CC[C@@H](O)C[C@@H]12. The van der Waals surface area contributed by atoms with Gasteiger partial charge in [-0.05, 0) is 123 Å². The van der Waals surface area contributed by atoms with Crippen LogP contribution >= 0.6 is 0 Å². The van der Waals surface area contributed by atoms with E-state index in [-0.39, 0.29) is 40.5 Å².